The van der Waals surface area contributed by atoms with Crippen molar-refractivity contribution < 1.29 is 0 Å². The molecule has 0 aliphatic heterocycles. The van der Waals surface area contributed by atoms with Crippen LogP contribution < -0.4 is 0 Å². The van der Waals surface area contributed by atoms with Gasteiger partial charge in [0.25, 0.3) is 0 Å². The van der Waals surface area contributed by atoms with Gasteiger partial charge in [-0.3, -0.25) is 0 Å². The fourth-order valence-corrected chi connectivity index (χ4v) is 3.54. The first-order chi connectivity index (χ1) is 12.4. The van der Waals surface area contributed by atoms with Crippen molar-refractivity contribution in [3.8, 4) is 0 Å². The molecule has 0 aliphatic carbocycles. The largest absolute Gasteiger partial charge is 0.0622 e. The van der Waals surface area contributed by atoms with Gasteiger partial charge in [-0.2, -0.15) is 0 Å². The Bertz CT molecular complexity index is 465. The molecule has 0 nitrogen and oxygen atoms in total. The summed E-state index contributed by atoms with van der Waals surface area (Å²) in [6.07, 6.45) is 18.0. The lowest BCUT2D eigenvalue weighted by molar-refractivity contribution is 0.545. The first kappa shape index (κ1) is 19.8. The molecule has 0 saturated heterocycles. The van der Waals surface area contributed by atoms with Crippen molar-refractivity contribution in [3.63, 3.8) is 0 Å². The third-order valence-electron chi connectivity index (χ3n) is 5.12. The van der Waals surface area contributed by atoms with Crippen molar-refractivity contribution in [3.05, 3.63) is 71.8 Å². The van der Waals surface area contributed by atoms with Crippen LogP contribution in [-0.4, -0.2) is 0 Å². The number of hydrogen-bond donors (Lipinski definition) is 0. The maximum atomic E-state index is 2.25. The van der Waals surface area contributed by atoms with E-state index in [-0.39, 0.29) is 0 Å². The lowest BCUT2D eigenvalue weighted by Crippen LogP contribution is -1.87. The number of benzene rings is 2. The standard InChI is InChI=1S/C25H36/c1(2-4-6-8-12-18-24-20-14-10-15-21-24)3-5-7-9-13-19-25-22-16-11-17-23-25/h10-11,14-17,20-23H,1-9,12-13,18-19H2. The van der Waals surface area contributed by atoms with E-state index in [1.165, 1.54) is 94.6 Å². The van der Waals surface area contributed by atoms with Gasteiger partial charge in [-0.15, -0.1) is 0 Å². The summed E-state index contributed by atoms with van der Waals surface area (Å²) in [7, 11) is 0. The fraction of sp³-hybridized carbons (Fsp3) is 0.520. The van der Waals surface area contributed by atoms with Gasteiger partial charge >= 0.3 is 0 Å². The molecule has 0 unspecified atom stereocenters. The molecular formula is C25H36. The van der Waals surface area contributed by atoms with E-state index in [4.69, 9.17) is 0 Å². The first-order valence-electron chi connectivity index (χ1n) is 10.5. The lowest BCUT2D eigenvalue weighted by atomic mass is 10.0. The number of hydrogen-bond acceptors (Lipinski definition) is 0. The summed E-state index contributed by atoms with van der Waals surface area (Å²) in [5.41, 5.74) is 2.99. The molecule has 0 saturated carbocycles. The summed E-state index contributed by atoms with van der Waals surface area (Å²) < 4.78 is 0. The van der Waals surface area contributed by atoms with Crippen LogP contribution in [0, 0.1) is 0 Å². The predicted molar refractivity (Wildman–Crippen MR) is 111 cm³/mol. The Morgan fingerprint density at radius 2 is 0.600 bits per heavy atom. The molecule has 0 heteroatoms. The third kappa shape index (κ3) is 10.1. The van der Waals surface area contributed by atoms with Gasteiger partial charge in [-0.25, -0.2) is 0 Å². The van der Waals surface area contributed by atoms with Gasteiger partial charge in [0, 0.05) is 0 Å². The van der Waals surface area contributed by atoms with Crippen LogP contribution in [0.1, 0.15) is 81.8 Å². The van der Waals surface area contributed by atoms with Crippen LogP contribution in [0.5, 0.6) is 0 Å². The summed E-state index contributed by atoms with van der Waals surface area (Å²) in [6.45, 7) is 0. The Morgan fingerprint density at radius 1 is 0.320 bits per heavy atom. The van der Waals surface area contributed by atoms with E-state index >= 15 is 0 Å². The van der Waals surface area contributed by atoms with Gasteiger partial charge in [0.15, 0.2) is 0 Å². The van der Waals surface area contributed by atoms with Crippen molar-refractivity contribution in [2.45, 2.75) is 83.5 Å². The molecule has 0 amide bonds. The molecule has 0 atom stereocenters. The molecule has 0 bridgehead atoms. The summed E-state index contributed by atoms with van der Waals surface area (Å²) in [6, 6.07) is 21.8. The zero-order valence-corrected chi connectivity index (χ0v) is 16.0. The minimum atomic E-state index is 1.25. The number of rotatable bonds is 14. The second kappa shape index (κ2) is 13.7. The average Bonchev–Trinajstić information content (AvgIpc) is 2.67. The Hall–Kier alpha value is -1.56. The minimum Gasteiger partial charge on any atom is -0.0622 e. The molecule has 0 fully saturated rings. The Morgan fingerprint density at radius 3 is 0.920 bits per heavy atom. The Kier molecular flexibility index (Phi) is 10.8. The van der Waals surface area contributed by atoms with Crippen molar-refractivity contribution in [2.24, 2.45) is 0 Å². The Balaban J connectivity index is 1.30. The fourth-order valence-electron chi connectivity index (χ4n) is 3.54. The highest BCUT2D eigenvalue weighted by Crippen LogP contribution is 2.13. The molecule has 2 aromatic carbocycles. The van der Waals surface area contributed by atoms with Crippen molar-refractivity contribution in [1.82, 2.24) is 0 Å². The van der Waals surface area contributed by atoms with Crippen LogP contribution in [0.15, 0.2) is 60.7 Å². The van der Waals surface area contributed by atoms with Crippen LogP contribution in [0.3, 0.4) is 0 Å². The summed E-state index contributed by atoms with van der Waals surface area (Å²) >= 11 is 0. The highest BCUT2D eigenvalue weighted by atomic mass is 14.0. The highest BCUT2D eigenvalue weighted by molar-refractivity contribution is 5.15. The molecule has 2 rings (SSSR count). The van der Waals surface area contributed by atoms with E-state index in [0.717, 1.165) is 0 Å². The monoisotopic (exact) mass is 336 g/mol. The summed E-state index contributed by atoms with van der Waals surface area (Å²) in [5.74, 6) is 0. The molecule has 0 aliphatic rings. The van der Waals surface area contributed by atoms with Crippen LogP contribution in [0.4, 0.5) is 0 Å². The first-order valence-corrected chi connectivity index (χ1v) is 10.5. The smallest absolute Gasteiger partial charge is 0.0279 e. The van der Waals surface area contributed by atoms with E-state index in [0.29, 0.717) is 0 Å². The van der Waals surface area contributed by atoms with Crippen LogP contribution in [-0.2, 0) is 12.8 Å². The zero-order chi connectivity index (χ0) is 17.4. The molecule has 136 valence electrons. The minimum absolute atomic E-state index is 1.25. The lowest BCUT2D eigenvalue weighted by Gasteiger charge is -2.04. The molecule has 0 heterocycles. The zero-order valence-electron chi connectivity index (χ0n) is 16.0. The van der Waals surface area contributed by atoms with Gasteiger partial charge in [0.05, 0.1) is 0 Å². The van der Waals surface area contributed by atoms with E-state index in [9.17, 15) is 0 Å². The Labute approximate surface area is 155 Å². The van der Waals surface area contributed by atoms with Crippen molar-refractivity contribution in [2.75, 3.05) is 0 Å². The molecule has 0 spiro atoms. The van der Waals surface area contributed by atoms with Gasteiger partial charge < -0.3 is 0 Å². The maximum Gasteiger partial charge on any atom is -0.0279 e. The topological polar surface area (TPSA) is 0 Å². The van der Waals surface area contributed by atoms with Crippen molar-refractivity contribution >= 4 is 0 Å². The number of aryl methyl sites for hydroxylation is 2. The van der Waals surface area contributed by atoms with Gasteiger partial charge in [-0.1, -0.05) is 118 Å². The van der Waals surface area contributed by atoms with Crippen LogP contribution in [0.25, 0.3) is 0 Å². The van der Waals surface area contributed by atoms with Gasteiger partial charge in [0.2, 0.25) is 0 Å². The van der Waals surface area contributed by atoms with Gasteiger partial charge in [-0.05, 0) is 36.8 Å². The quantitative estimate of drug-likeness (QED) is 0.309. The van der Waals surface area contributed by atoms with Gasteiger partial charge in [0.1, 0.15) is 0 Å². The summed E-state index contributed by atoms with van der Waals surface area (Å²) in [5, 5.41) is 0. The second-order valence-electron chi connectivity index (χ2n) is 7.36. The highest BCUT2D eigenvalue weighted by Gasteiger charge is 1.96. The molecular weight excluding hydrogens is 300 g/mol. The third-order valence-corrected chi connectivity index (χ3v) is 5.12. The summed E-state index contributed by atoms with van der Waals surface area (Å²) in [4.78, 5) is 0. The molecule has 0 aromatic heterocycles. The normalized spacial score (nSPS) is 10.9. The maximum absolute atomic E-state index is 2.25. The van der Waals surface area contributed by atoms with E-state index in [1.807, 2.05) is 0 Å². The van der Waals surface area contributed by atoms with Crippen molar-refractivity contribution in [1.29, 1.82) is 0 Å². The number of unbranched alkanes of at least 4 members (excludes halogenated alkanes) is 10. The molecule has 25 heavy (non-hydrogen) atoms. The van der Waals surface area contributed by atoms with Crippen LogP contribution in [0.2, 0.25) is 0 Å². The van der Waals surface area contributed by atoms with E-state index < -0.39 is 0 Å². The SMILES string of the molecule is c1ccc(CCCCCCCCCCCCCc2ccccc2)cc1. The van der Waals surface area contributed by atoms with E-state index in [1.54, 1.807) is 0 Å². The molecule has 0 N–H and O–H groups in total. The molecule has 2 aromatic rings. The predicted octanol–water partition coefficient (Wildman–Crippen LogP) is 7.76. The van der Waals surface area contributed by atoms with E-state index in [2.05, 4.69) is 60.7 Å². The second-order valence-corrected chi connectivity index (χ2v) is 7.36. The average molecular weight is 337 g/mol. The van der Waals surface area contributed by atoms with Crippen LogP contribution >= 0.6 is 0 Å². The molecule has 0 radical (unpaired) electrons.